The van der Waals surface area contributed by atoms with Crippen LogP contribution in [0.3, 0.4) is 0 Å². The maximum Gasteiger partial charge on any atom is 0.323 e. The van der Waals surface area contributed by atoms with Crippen molar-refractivity contribution in [1.82, 2.24) is 5.32 Å². The van der Waals surface area contributed by atoms with Crippen molar-refractivity contribution in [3.05, 3.63) is 0 Å². The largest absolute Gasteiger partial charge is 0.468 e. The van der Waals surface area contributed by atoms with Gasteiger partial charge in [0.1, 0.15) is 24.4 Å². The lowest BCUT2D eigenvalue weighted by molar-refractivity contribution is -0.143. The number of nitrogens with one attached hydrogen (secondary N) is 1. The van der Waals surface area contributed by atoms with E-state index in [9.17, 15) is 20.1 Å². The lowest BCUT2D eigenvalue weighted by Crippen LogP contribution is -2.51. The number of thiol groups is 1. The number of carbonyl (C=O) groups is 1. The molecular weight excluding hydrogens is 278 g/mol. The summed E-state index contributed by atoms with van der Waals surface area (Å²) >= 11 is 3.92. The van der Waals surface area contributed by atoms with Crippen LogP contribution in [0.4, 0.5) is 0 Å². The second kappa shape index (κ2) is 9.48. The Morgan fingerprint density at radius 2 is 1.74 bits per heavy atom. The van der Waals surface area contributed by atoms with Gasteiger partial charge in [-0.3, -0.25) is 4.79 Å². The molecule has 19 heavy (non-hydrogen) atoms. The summed E-state index contributed by atoms with van der Waals surface area (Å²) in [6, 6.07) is -0.768. The van der Waals surface area contributed by atoms with Gasteiger partial charge < -0.3 is 35.6 Å². The van der Waals surface area contributed by atoms with Crippen LogP contribution in [0.5, 0.6) is 0 Å². The Kier molecular flexibility index (Phi) is 9.27. The maximum atomic E-state index is 11.2. The monoisotopic (exact) mass is 299 g/mol. The molecule has 114 valence electrons. The average Bonchev–Trinajstić information content (AvgIpc) is 2.44. The number of aliphatic hydroxyl groups is 5. The van der Waals surface area contributed by atoms with Crippen LogP contribution >= 0.6 is 12.6 Å². The summed E-state index contributed by atoms with van der Waals surface area (Å²) in [7, 11) is 1.20. The number of hydrogen-bond donors (Lipinski definition) is 7. The molecule has 0 spiro atoms. The standard InChI is InChI=1S/C10H21NO7S/c1-18-10(17)5(4-19)11-2-6(13)8(15)9(16)7(14)3-12/h5-9,11-16,19H,2-4H2,1H3/t5-,6?,7?,8?,9?/m0/s1. The van der Waals surface area contributed by atoms with Gasteiger partial charge in [-0.05, 0) is 0 Å². The molecule has 0 radical (unpaired) electrons. The Bertz CT molecular complexity index is 268. The number of rotatable bonds is 9. The second-order valence-electron chi connectivity index (χ2n) is 3.97. The third-order valence-corrected chi connectivity index (χ3v) is 2.93. The van der Waals surface area contributed by atoms with Gasteiger partial charge in [0.05, 0.1) is 19.8 Å². The predicted octanol–water partition coefficient (Wildman–Crippen LogP) is -3.52. The average molecular weight is 299 g/mol. The first-order valence-corrected chi connectivity index (χ1v) is 6.27. The highest BCUT2D eigenvalue weighted by atomic mass is 32.1. The van der Waals surface area contributed by atoms with E-state index in [2.05, 4.69) is 22.7 Å². The summed E-state index contributed by atoms with van der Waals surface area (Å²) in [5.74, 6) is -0.454. The quantitative estimate of drug-likeness (QED) is 0.172. The first-order chi connectivity index (χ1) is 8.88. The topological polar surface area (TPSA) is 139 Å². The number of hydrogen-bond acceptors (Lipinski definition) is 9. The molecule has 0 saturated heterocycles. The number of aliphatic hydroxyl groups excluding tert-OH is 5. The molecule has 0 aliphatic heterocycles. The van der Waals surface area contributed by atoms with E-state index in [0.29, 0.717) is 0 Å². The van der Waals surface area contributed by atoms with Crippen LogP contribution in [-0.4, -0.2) is 88.0 Å². The molecule has 5 atom stereocenters. The van der Waals surface area contributed by atoms with E-state index in [1.165, 1.54) is 7.11 Å². The van der Waals surface area contributed by atoms with Gasteiger partial charge in [0.25, 0.3) is 0 Å². The van der Waals surface area contributed by atoms with Crippen LogP contribution in [-0.2, 0) is 9.53 Å². The molecule has 0 aromatic heterocycles. The van der Waals surface area contributed by atoms with Crippen LogP contribution < -0.4 is 5.32 Å². The molecule has 0 bridgehead atoms. The van der Waals surface area contributed by atoms with Crippen molar-refractivity contribution in [3.63, 3.8) is 0 Å². The van der Waals surface area contributed by atoms with E-state index < -0.39 is 43.0 Å². The van der Waals surface area contributed by atoms with Crippen molar-refractivity contribution in [3.8, 4) is 0 Å². The fraction of sp³-hybridized carbons (Fsp3) is 0.900. The SMILES string of the molecule is COC(=O)[C@H](CS)NCC(O)C(O)C(O)C(O)CO. The molecule has 0 aromatic carbocycles. The smallest absolute Gasteiger partial charge is 0.323 e. The summed E-state index contributed by atoms with van der Waals surface area (Å²) in [5.41, 5.74) is 0. The molecule has 8 nitrogen and oxygen atoms in total. The fourth-order valence-electron chi connectivity index (χ4n) is 1.31. The number of methoxy groups -OCH3 is 1. The number of carbonyl (C=O) groups excluding carboxylic acids is 1. The Balaban J connectivity index is 4.29. The summed E-state index contributed by atoms with van der Waals surface area (Å²) in [6.07, 6.45) is -6.38. The predicted molar refractivity (Wildman–Crippen MR) is 68.8 cm³/mol. The summed E-state index contributed by atoms with van der Waals surface area (Å²) in [5, 5.41) is 48.8. The minimum absolute atomic E-state index is 0.122. The lowest BCUT2D eigenvalue weighted by atomic mass is 10.0. The molecule has 0 amide bonds. The van der Waals surface area contributed by atoms with Gasteiger partial charge in [-0.25, -0.2) is 0 Å². The van der Waals surface area contributed by atoms with Gasteiger partial charge in [0.15, 0.2) is 0 Å². The molecule has 0 aromatic rings. The van der Waals surface area contributed by atoms with Gasteiger partial charge in [-0.2, -0.15) is 12.6 Å². The molecule has 0 heterocycles. The molecule has 0 rings (SSSR count). The zero-order valence-electron chi connectivity index (χ0n) is 10.5. The number of esters is 1. The van der Waals surface area contributed by atoms with Crippen molar-refractivity contribution in [2.45, 2.75) is 30.5 Å². The first kappa shape index (κ1) is 18.6. The van der Waals surface area contributed by atoms with Crippen LogP contribution in [0.15, 0.2) is 0 Å². The third-order valence-electron chi connectivity index (χ3n) is 2.57. The molecule has 4 unspecified atom stereocenters. The molecule has 6 N–H and O–H groups in total. The Labute approximate surface area is 116 Å². The zero-order chi connectivity index (χ0) is 15.0. The maximum absolute atomic E-state index is 11.2. The molecule has 0 aliphatic carbocycles. The van der Waals surface area contributed by atoms with Crippen molar-refractivity contribution in [1.29, 1.82) is 0 Å². The first-order valence-electron chi connectivity index (χ1n) is 5.64. The van der Waals surface area contributed by atoms with E-state index in [4.69, 9.17) is 10.2 Å². The van der Waals surface area contributed by atoms with E-state index in [1.807, 2.05) is 0 Å². The van der Waals surface area contributed by atoms with Gasteiger partial charge in [-0.1, -0.05) is 0 Å². The van der Waals surface area contributed by atoms with E-state index in [-0.39, 0.29) is 12.3 Å². The molecule has 0 fully saturated rings. The minimum atomic E-state index is -1.70. The summed E-state index contributed by atoms with van der Waals surface area (Å²) in [4.78, 5) is 11.2. The van der Waals surface area contributed by atoms with Gasteiger partial charge in [0.2, 0.25) is 0 Å². The van der Waals surface area contributed by atoms with Crippen LogP contribution in [0.1, 0.15) is 0 Å². The second-order valence-corrected chi connectivity index (χ2v) is 4.33. The highest BCUT2D eigenvalue weighted by molar-refractivity contribution is 7.80. The van der Waals surface area contributed by atoms with Crippen LogP contribution in [0.2, 0.25) is 0 Å². The van der Waals surface area contributed by atoms with Gasteiger partial charge >= 0.3 is 5.97 Å². The Hall–Kier alpha value is -0.420. The zero-order valence-corrected chi connectivity index (χ0v) is 11.4. The number of ether oxygens (including phenoxy) is 1. The van der Waals surface area contributed by atoms with E-state index in [0.717, 1.165) is 0 Å². The summed E-state index contributed by atoms with van der Waals surface area (Å²) in [6.45, 7) is -0.976. The highest BCUT2D eigenvalue weighted by Crippen LogP contribution is 2.05. The Morgan fingerprint density at radius 3 is 2.16 bits per heavy atom. The van der Waals surface area contributed by atoms with Crippen molar-refractivity contribution >= 4 is 18.6 Å². The summed E-state index contributed by atoms with van der Waals surface area (Å²) < 4.78 is 4.48. The fourth-order valence-corrected chi connectivity index (χ4v) is 1.59. The minimum Gasteiger partial charge on any atom is -0.468 e. The molecule has 0 saturated carbocycles. The highest BCUT2D eigenvalue weighted by Gasteiger charge is 2.30. The molecular formula is C10H21NO7S. The van der Waals surface area contributed by atoms with Crippen LogP contribution in [0, 0.1) is 0 Å². The van der Waals surface area contributed by atoms with E-state index in [1.54, 1.807) is 0 Å². The van der Waals surface area contributed by atoms with Gasteiger partial charge in [-0.15, -0.1) is 0 Å². The van der Waals surface area contributed by atoms with Crippen molar-refractivity contribution in [2.75, 3.05) is 26.0 Å². The molecule has 9 heteroatoms. The van der Waals surface area contributed by atoms with Crippen molar-refractivity contribution < 1.29 is 35.1 Å². The Morgan fingerprint density at radius 1 is 1.21 bits per heavy atom. The third kappa shape index (κ3) is 6.04. The van der Waals surface area contributed by atoms with Gasteiger partial charge in [0, 0.05) is 12.3 Å². The normalized spacial score (nSPS) is 19.3. The van der Waals surface area contributed by atoms with E-state index >= 15 is 0 Å². The molecule has 0 aliphatic rings. The van der Waals surface area contributed by atoms with Crippen LogP contribution in [0.25, 0.3) is 0 Å². The van der Waals surface area contributed by atoms with Crippen molar-refractivity contribution in [2.24, 2.45) is 0 Å². The lowest BCUT2D eigenvalue weighted by Gasteiger charge is -2.26.